The van der Waals surface area contributed by atoms with Crippen LogP contribution in [0.5, 0.6) is 23.0 Å². The molecule has 0 saturated heterocycles. The number of fused-ring (bicyclic) bond motifs is 1. The van der Waals surface area contributed by atoms with Crippen molar-refractivity contribution in [2.45, 2.75) is 6.42 Å². The minimum atomic E-state index is 0.583. The Bertz CT molecular complexity index is 898. The van der Waals surface area contributed by atoms with Crippen molar-refractivity contribution in [2.24, 2.45) is 0 Å². The van der Waals surface area contributed by atoms with Crippen LogP contribution in [-0.2, 0) is 6.42 Å². The van der Waals surface area contributed by atoms with E-state index in [1.54, 1.807) is 34.7 Å². The van der Waals surface area contributed by atoms with Gasteiger partial charge in [-0.1, -0.05) is 12.2 Å². The van der Waals surface area contributed by atoms with Crippen LogP contribution in [0, 0.1) is 0 Å². The van der Waals surface area contributed by atoms with E-state index in [0.717, 1.165) is 34.3 Å². The van der Waals surface area contributed by atoms with E-state index in [1.807, 2.05) is 36.4 Å². The van der Waals surface area contributed by atoms with Crippen LogP contribution in [0.15, 0.2) is 47.1 Å². The van der Waals surface area contributed by atoms with Gasteiger partial charge in [-0.3, -0.25) is 0 Å². The average molecular weight is 354 g/mol. The summed E-state index contributed by atoms with van der Waals surface area (Å²) in [5, 5.41) is 0.977. The van der Waals surface area contributed by atoms with Crippen LogP contribution in [0.4, 0.5) is 0 Å². The van der Waals surface area contributed by atoms with Crippen molar-refractivity contribution in [3.05, 3.63) is 53.8 Å². The third-order valence-corrected chi connectivity index (χ3v) is 4.16. The van der Waals surface area contributed by atoms with Crippen molar-refractivity contribution < 1.29 is 23.4 Å². The van der Waals surface area contributed by atoms with Gasteiger partial charge >= 0.3 is 0 Å². The van der Waals surface area contributed by atoms with Gasteiger partial charge in [-0.05, 0) is 47.9 Å². The Hall–Kier alpha value is -3.08. The molecule has 0 bridgehead atoms. The number of rotatable bonds is 7. The summed E-state index contributed by atoms with van der Waals surface area (Å²) in [6.07, 6.45) is 6.50. The molecule has 3 aromatic rings. The summed E-state index contributed by atoms with van der Waals surface area (Å²) in [5.74, 6) is 2.66. The number of allylic oxidation sites excluding steroid dienone is 1. The molecule has 3 rings (SSSR count). The molecule has 0 N–H and O–H groups in total. The van der Waals surface area contributed by atoms with Crippen molar-refractivity contribution >= 4 is 17.0 Å². The molecule has 2 aromatic carbocycles. The minimum absolute atomic E-state index is 0.583. The average Bonchev–Trinajstić information content (AvgIpc) is 3.15. The second-order valence-corrected chi connectivity index (χ2v) is 5.70. The van der Waals surface area contributed by atoms with E-state index in [4.69, 9.17) is 23.4 Å². The van der Waals surface area contributed by atoms with E-state index in [-0.39, 0.29) is 0 Å². The normalized spacial score (nSPS) is 11.1. The van der Waals surface area contributed by atoms with Crippen LogP contribution in [0.3, 0.4) is 0 Å². The fourth-order valence-electron chi connectivity index (χ4n) is 2.91. The summed E-state index contributed by atoms with van der Waals surface area (Å²) in [4.78, 5) is 0. The zero-order valence-electron chi connectivity index (χ0n) is 15.4. The molecule has 0 atom stereocenters. The molecule has 1 heterocycles. The first-order valence-corrected chi connectivity index (χ1v) is 8.20. The Kier molecular flexibility index (Phi) is 5.37. The molecule has 0 amide bonds. The summed E-state index contributed by atoms with van der Waals surface area (Å²) in [5.41, 5.74) is 2.89. The third-order valence-electron chi connectivity index (χ3n) is 4.16. The first-order valence-electron chi connectivity index (χ1n) is 8.20. The molecular formula is C21H22O5. The molecule has 0 saturated carbocycles. The molecule has 0 aliphatic rings. The molecule has 0 spiro atoms. The minimum Gasteiger partial charge on any atom is -0.496 e. The lowest BCUT2D eigenvalue weighted by Gasteiger charge is -2.12. The van der Waals surface area contributed by atoms with Crippen LogP contribution in [0.25, 0.3) is 17.0 Å². The predicted octanol–water partition coefficient (Wildman–Crippen LogP) is 4.72. The number of benzene rings is 2. The standard InChI is InChI=1S/C21H22O5/c1-22-17-10-14(11-18-16(17)8-9-26-18)6-5-7-15-12-19(23-2)21(25-4)20(13-15)24-3/h5,7-13H,6H2,1-4H3/b7-5-. The van der Waals surface area contributed by atoms with Gasteiger partial charge in [-0.25, -0.2) is 0 Å². The van der Waals surface area contributed by atoms with Crippen LogP contribution in [0.2, 0.25) is 0 Å². The van der Waals surface area contributed by atoms with Crippen LogP contribution < -0.4 is 18.9 Å². The van der Waals surface area contributed by atoms with Gasteiger partial charge in [0.25, 0.3) is 0 Å². The lowest BCUT2D eigenvalue weighted by molar-refractivity contribution is 0.324. The van der Waals surface area contributed by atoms with E-state index in [0.29, 0.717) is 17.2 Å². The molecule has 5 heteroatoms. The van der Waals surface area contributed by atoms with E-state index < -0.39 is 0 Å². The largest absolute Gasteiger partial charge is 0.496 e. The summed E-state index contributed by atoms with van der Waals surface area (Å²) in [6, 6.07) is 9.78. The maximum atomic E-state index is 5.50. The molecule has 0 radical (unpaired) electrons. The second kappa shape index (κ2) is 7.87. The molecule has 0 fully saturated rings. The van der Waals surface area contributed by atoms with Crippen molar-refractivity contribution in [1.82, 2.24) is 0 Å². The van der Waals surface area contributed by atoms with Crippen molar-refractivity contribution in [2.75, 3.05) is 28.4 Å². The lowest BCUT2D eigenvalue weighted by atomic mass is 10.1. The Morgan fingerprint density at radius 1 is 0.846 bits per heavy atom. The lowest BCUT2D eigenvalue weighted by Crippen LogP contribution is -1.95. The van der Waals surface area contributed by atoms with Crippen LogP contribution in [0.1, 0.15) is 11.1 Å². The molecule has 136 valence electrons. The number of methoxy groups -OCH3 is 4. The van der Waals surface area contributed by atoms with Gasteiger partial charge in [-0.2, -0.15) is 0 Å². The quantitative estimate of drug-likeness (QED) is 0.614. The Balaban J connectivity index is 1.84. The highest BCUT2D eigenvalue weighted by Gasteiger charge is 2.12. The Morgan fingerprint density at radius 3 is 2.15 bits per heavy atom. The topological polar surface area (TPSA) is 50.1 Å². The second-order valence-electron chi connectivity index (χ2n) is 5.70. The Morgan fingerprint density at radius 2 is 1.54 bits per heavy atom. The zero-order valence-corrected chi connectivity index (χ0v) is 15.4. The number of hydrogen-bond donors (Lipinski definition) is 0. The highest BCUT2D eigenvalue weighted by molar-refractivity contribution is 5.84. The smallest absolute Gasteiger partial charge is 0.203 e. The SMILES string of the molecule is COc1cc(/C=C\Cc2cc(OC)c3ccoc3c2)cc(OC)c1OC. The van der Waals surface area contributed by atoms with E-state index in [9.17, 15) is 0 Å². The fourth-order valence-corrected chi connectivity index (χ4v) is 2.91. The molecule has 26 heavy (non-hydrogen) atoms. The molecule has 0 aliphatic heterocycles. The first kappa shape index (κ1) is 17.7. The van der Waals surface area contributed by atoms with Gasteiger partial charge < -0.3 is 23.4 Å². The van der Waals surface area contributed by atoms with Crippen molar-refractivity contribution in [3.8, 4) is 23.0 Å². The van der Waals surface area contributed by atoms with Gasteiger partial charge in [0.05, 0.1) is 40.1 Å². The van der Waals surface area contributed by atoms with Crippen molar-refractivity contribution in [3.63, 3.8) is 0 Å². The molecule has 1 aromatic heterocycles. The van der Waals surface area contributed by atoms with Crippen molar-refractivity contribution in [1.29, 1.82) is 0 Å². The predicted molar refractivity (Wildman–Crippen MR) is 102 cm³/mol. The Labute approximate surface area is 152 Å². The number of ether oxygens (including phenoxy) is 4. The van der Waals surface area contributed by atoms with Crippen LogP contribution >= 0.6 is 0 Å². The van der Waals surface area contributed by atoms with E-state index in [1.165, 1.54) is 0 Å². The third kappa shape index (κ3) is 3.47. The van der Waals surface area contributed by atoms with Crippen LogP contribution in [-0.4, -0.2) is 28.4 Å². The maximum absolute atomic E-state index is 5.50. The van der Waals surface area contributed by atoms with Gasteiger partial charge in [0.2, 0.25) is 5.75 Å². The van der Waals surface area contributed by atoms with E-state index in [2.05, 4.69) is 6.08 Å². The van der Waals surface area contributed by atoms with Gasteiger partial charge in [0, 0.05) is 0 Å². The maximum Gasteiger partial charge on any atom is 0.203 e. The fraction of sp³-hybridized carbons (Fsp3) is 0.238. The van der Waals surface area contributed by atoms with Gasteiger partial charge in [0.15, 0.2) is 11.5 Å². The monoisotopic (exact) mass is 354 g/mol. The van der Waals surface area contributed by atoms with Gasteiger partial charge in [0.1, 0.15) is 11.3 Å². The molecule has 5 nitrogen and oxygen atoms in total. The summed E-state index contributed by atoms with van der Waals surface area (Å²) in [7, 11) is 6.47. The number of furan rings is 1. The van der Waals surface area contributed by atoms with Gasteiger partial charge in [-0.15, -0.1) is 0 Å². The first-order chi connectivity index (χ1) is 12.7. The highest BCUT2D eigenvalue weighted by atomic mass is 16.5. The molecule has 0 unspecified atom stereocenters. The summed E-state index contributed by atoms with van der Waals surface area (Å²) >= 11 is 0. The highest BCUT2D eigenvalue weighted by Crippen LogP contribution is 2.38. The summed E-state index contributed by atoms with van der Waals surface area (Å²) < 4.78 is 27.1. The number of hydrogen-bond acceptors (Lipinski definition) is 5. The molecular weight excluding hydrogens is 332 g/mol. The zero-order chi connectivity index (χ0) is 18.5. The molecule has 0 aliphatic carbocycles. The summed E-state index contributed by atoms with van der Waals surface area (Å²) in [6.45, 7) is 0. The van der Waals surface area contributed by atoms with E-state index >= 15 is 0 Å².